The molecule has 2 unspecified atom stereocenters. The molecule has 1 saturated carbocycles. The number of carbonyl (C=O) groups is 2. The third-order valence-electron chi connectivity index (χ3n) is 5.84. The molecule has 1 aliphatic carbocycles. The van der Waals surface area contributed by atoms with Crippen molar-refractivity contribution in [3.63, 3.8) is 0 Å². The number of nitrogens with one attached hydrogen (secondary N) is 1. The van der Waals surface area contributed by atoms with Gasteiger partial charge in [0, 0.05) is 37.8 Å². The molecule has 1 saturated heterocycles. The summed E-state index contributed by atoms with van der Waals surface area (Å²) >= 11 is 0. The van der Waals surface area contributed by atoms with Crippen molar-refractivity contribution in [2.24, 2.45) is 5.92 Å². The van der Waals surface area contributed by atoms with Crippen molar-refractivity contribution in [2.45, 2.75) is 38.6 Å². The van der Waals surface area contributed by atoms with Gasteiger partial charge in [-0.1, -0.05) is 18.9 Å². The Morgan fingerprint density at radius 3 is 2.59 bits per heavy atom. The van der Waals surface area contributed by atoms with E-state index in [-0.39, 0.29) is 49.5 Å². The molecule has 1 heterocycles. The van der Waals surface area contributed by atoms with Gasteiger partial charge < -0.3 is 10.2 Å². The minimum Gasteiger partial charge on any atom is -0.354 e. The molecule has 29 heavy (non-hydrogen) atoms. The van der Waals surface area contributed by atoms with E-state index >= 15 is 0 Å². The average Bonchev–Trinajstić information content (AvgIpc) is 2.67. The first-order chi connectivity index (χ1) is 13.7. The number of fused-ring (bicyclic) bond motifs is 1. The van der Waals surface area contributed by atoms with Crippen LogP contribution in [-0.4, -0.2) is 67.9 Å². The van der Waals surface area contributed by atoms with Crippen LogP contribution in [0.2, 0.25) is 0 Å². The number of amides is 2. The van der Waals surface area contributed by atoms with E-state index in [4.69, 9.17) is 0 Å². The fourth-order valence-corrected chi connectivity index (χ4v) is 5.38. The standard InChI is InChI=1S/C20H28FN3O4S/c1-14-7-8-15(13-17(14)21)20(26)23-10-9-22-19(25)16-5-3-4-6-18(16)24(12-11-23)29(2,27)28/h7-8,13,16,18H,3-6,9-12H2,1-2H3,(H,22,25). The molecule has 2 atom stereocenters. The van der Waals surface area contributed by atoms with Crippen LogP contribution in [0.3, 0.4) is 0 Å². The zero-order chi connectivity index (χ0) is 21.2. The van der Waals surface area contributed by atoms with Crippen LogP contribution in [0.15, 0.2) is 18.2 Å². The fraction of sp³-hybridized carbons (Fsp3) is 0.600. The zero-order valence-corrected chi connectivity index (χ0v) is 17.7. The lowest BCUT2D eigenvalue weighted by atomic mass is 9.83. The highest BCUT2D eigenvalue weighted by Gasteiger charge is 2.39. The van der Waals surface area contributed by atoms with Gasteiger partial charge in [-0.05, 0) is 37.5 Å². The first-order valence-electron chi connectivity index (χ1n) is 9.98. The van der Waals surface area contributed by atoms with Gasteiger partial charge in [-0.3, -0.25) is 9.59 Å². The molecular formula is C20H28FN3O4S. The molecule has 3 rings (SSSR count). The van der Waals surface area contributed by atoms with Crippen LogP contribution in [0.25, 0.3) is 0 Å². The number of nitrogens with zero attached hydrogens (tertiary/aromatic N) is 2. The second kappa shape index (κ2) is 8.79. The second-order valence-electron chi connectivity index (χ2n) is 7.88. The molecule has 1 N–H and O–H groups in total. The van der Waals surface area contributed by atoms with E-state index in [1.807, 2.05) is 0 Å². The number of aryl methyl sites for hydroxylation is 1. The summed E-state index contributed by atoms with van der Waals surface area (Å²) in [5.41, 5.74) is 0.652. The quantitative estimate of drug-likeness (QED) is 0.779. The van der Waals surface area contributed by atoms with Crippen molar-refractivity contribution in [2.75, 3.05) is 32.4 Å². The third-order valence-corrected chi connectivity index (χ3v) is 7.14. The Hall–Kier alpha value is -2.00. The number of sulfonamides is 1. The largest absolute Gasteiger partial charge is 0.354 e. The summed E-state index contributed by atoms with van der Waals surface area (Å²) in [6.45, 7) is 2.43. The van der Waals surface area contributed by atoms with Crippen LogP contribution in [-0.2, 0) is 14.8 Å². The summed E-state index contributed by atoms with van der Waals surface area (Å²) in [7, 11) is -3.56. The summed E-state index contributed by atoms with van der Waals surface area (Å²) in [5, 5.41) is 2.85. The molecule has 7 nitrogen and oxygen atoms in total. The lowest BCUT2D eigenvalue weighted by molar-refractivity contribution is -0.127. The molecule has 0 spiro atoms. The first-order valence-corrected chi connectivity index (χ1v) is 11.8. The average molecular weight is 426 g/mol. The number of carbonyl (C=O) groups excluding carboxylic acids is 2. The van der Waals surface area contributed by atoms with E-state index < -0.39 is 21.9 Å². The van der Waals surface area contributed by atoms with Crippen molar-refractivity contribution < 1.29 is 22.4 Å². The van der Waals surface area contributed by atoms with Crippen LogP contribution in [0.1, 0.15) is 41.6 Å². The van der Waals surface area contributed by atoms with E-state index in [2.05, 4.69) is 5.32 Å². The monoisotopic (exact) mass is 425 g/mol. The SMILES string of the molecule is Cc1ccc(C(=O)N2CCNC(=O)C3CCCCC3N(S(C)(=O)=O)CC2)cc1F. The van der Waals surface area contributed by atoms with Gasteiger partial charge >= 0.3 is 0 Å². The topological polar surface area (TPSA) is 86.8 Å². The van der Waals surface area contributed by atoms with Crippen LogP contribution in [0, 0.1) is 18.7 Å². The normalized spacial score (nSPS) is 24.5. The van der Waals surface area contributed by atoms with Gasteiger partial charge in [0.15, 0.2) is 0 Å². The van der Waals surface area contributed by atoms with E-state index in [0.29, 0.717) is 18.4 Å². The number of hydrogen-bond acceptors (Lipinski definition) is 4. The second-order valence-corrected chi connectivity index (χ2v) is 9.81. The first kappa shape index (κ1) is 21.7. The minimum absolute atomic E-state index is 0.118. The molecule has 0 aromatic heterocycles. The number of halogens is 1. The van der Waals surface area contributed by atoms with Gasteiger partial charge in [0.25, 0.3) is 5.91 Å². The number of benzene rings is 1. The molecule has 2 aliphatic rings. The van der Waals surface area contributed by atoms with Crippen molar-refractivity contribution in [1.29, 1.82) is 0 Å². The summed E-state index contributed by atoms with van der Waals surface area (Å²) in [4.78, 5) is 27.1. The van der Waals surface area contributed by atoms with Crippen LogP contribution >= 0.6 is 0 Å². The van der Waals surface area contributed by atoms with Crippen LogP contribution in [0.5, 0.6) is 0 Å². The summed E-state index contributed by atoms with van der Waals surface area (Å²) in [6.07, 6.45) is 4.20. The molecule has 2 fully saturated rings. The molecule has 9 heteroatoms. The Kier molecular flexibility index (Phi) is 6.58. The molecular weight excluding hydrogens is 397 g/mol. The predicted octanol–water partition coefficient (Wildman–Crippen LogP) is 1.53. The van der Waals surface area contributed by atoms with E-state index in [1.54, 1.807) is 19.1 Å². The van der Waals surface area contributed by atoms with Crippen LogP contribution < -0.4 is 5.32 Å². The van der Waals surface area contributed by atoms with Gasteiger partial charge in [0.1, 0.15) is 5.82 Å². The highest BCUT2D eigenvalue weighted by molar-refractivity contribution is 7.88. The predicted molar refractivity (Wildman–Crippen MR) is 107 cm³/mol. The van der Waals surface area contributed by atoms with Crippen molar-refractivity contribution in [1.82, 2.24) is 14.5 Å². The maximum absolute atomic E-state index is 13.9. The molecule has 1 aliphatic heterocycles. The molecule has 2 amide bonds. The Bertz CT molecular complexity index is 890. The van der Waals surface area contributed by atoms with Crippen molar-refractivity contribution in [3.8, 4) is 0 Å². The molecule has 0 radical (unpaired) electrons. The molecule has 0 bridgehead atoms. The minimum atomic E-state index is -3.56. The number of hydrogen-bond donors (Lipinski definition) is 1. The Morgan fingerprint density at radius 1 is 1.17 bits per heavy atom. The van der Waals surface area contributed by atoms with Gasteiger partial charge in [0.05, 0.1) is 12.2 Å². The number of rotatable bonds is 2. The van der Waals surface area contributed by atoms with Crippen molar-refractivity contribution in [3.05, 3.63) is 35.1 Å². The zero-order valence-electron chi connectivity index (χ0n) is 16.9. The van der Waals surface area contributed by atoms with Crippen molar-refractivity contribution >= 4 is 21.8 Å². The molecule has 1 aromatic carbocycles. The van der Waals surface area contributed by atoms with Crippen LogP contribution in [0.4, 0.5) is 4.39 Å². The van der Waals surface area contributed by atoms with E-state index in [9.17, 15) is 22.4 Å². The molecule has 160 valence electrons. The maximum Gasteiger partial charge on any atom is 0.254 e. The Morgan fingerprint density at radius 2 is 1.90 bits per heavy atom. The van der Waals surface area contributed by atoms with Gasteiger partial charge in [-0.25, -0.2) is 12.8 Å². The summed E-state index contributed by atoms with van der Waals surface area (Å²) in [5.74, 6) is -1.38. The van der Waals surface area contributed by atoms with Gasteiger partial charge in [0.2, 0.25) is 15.9 Å². The Balaban J connectivity index is 1.86. The molecule has 1 aromatic rings. The van der Waals surface area contributed by atoms with Gasteiger partial charge in [-0.15, -0.1) is 0 Å². The summed E-state index contributed by atoms with van der Waals surface area (Å²) in [6, 6.07) is 3.90. The lowest BCUT2D eigenvalue weighted by Crippen LogP contribution is -2.55. The summed E-state index contributed by atoms with van der Waals surface area (Å²) < 4.78 is 40.2. The lowest BCUT2D eigenvalue weighted by Gasteiger charge is -2.39. The highest BCUT2D eigenvalue weighted by Crippen LogP contribution is 2.30. The smallest absolute Gasteiger partial charge is 0.254 e. The Labute approximate surface area is 171 Å². The van der Waals surface area contributed by atoms with E-state index in [1.165, 1.54) is 15.3 Å². The maximum atomic E-state index is 13.9. The highest BCUT2D eigenvalue weighted by atomic mass is 32.2. The third kappa shape index (κ3) is 4.95. The van der Waals surface area contributed by atoms with E-state index in [0.717, 1.165) is 19.1 Å². The fourth-order valence-electron chi connectivity index (χ4n) is 4.23. The van der Waals surface area contributed by atoms with Gasteiger partial charge in [-0.2, -0.15) is 4.31 Å².